The zero-order valence-corrected chi connectivity index (χ0v) is 7.81. The van der Waals surface area contributed by atoms with Crippen LogP contribution in [-0.4, -0.2) is 11.5 Å². The highest BCUT2D eigenvalue weighted by Gasteiger charge is 2.38. The maximum Gasteiger partial charge on any atom is 0.181 e. The minimum absolute atomic E-state index is 0.594. The van der Waals surface area contributed by atoms with Gasteiger partial charge in [0, 0.05) is 5.56 Å². The van der Waals surface area contributed by atoms with Gasteiger partial charge in [0.05, 0.1) is 0 Å². The standard InChI is InChI=1S/C11H12N2O/c12-5-7-4-9(7)8-2-1-3-10-11(8)14-6-13-10/h1-3,6-7,9H,4-5,12H2. The molecule has 1 aromatic heterocycles. The summed E-state index contributed by atoms with van der Waals surface area (Å²) in [5.74, 6) is 1.24. The van der Waals surface area contributed by atoms with Gasteiger partial charge in [0.2, 0.25) is 0 Å². The molecule has 0 bridgehead atoms. The minimum Gasteiger partial charge on any atom is -0.443 e. The van der Waals surface area contributed by atoms with Gasteiger partial charge in [-0.3, -0.25) is 0 Å². The largest absolute Gasteiger partial charge is 0.443 e. The number of oxazole rings is 1. The van der Waals surface area contributed by atoms with Crippen molar-refractivity contribution in [3.8, 4) is 0 Å². The van der Waals surface area contributed by atoms with E-state index >= 15 is 0 Å². The number of aromatic nitrogens is 1. The summed E-state index contributed by atoms with van der Waals surface area (Å²) in [6, 6.07) is 6.13. The van der Waals surface area contributed by atoms with E-state index in [0.29, 0.717) is 11.8 Å². The first-order valence-electron chi connectivity index (χ1n) is 4.92. The van der Waals surface area contributed by atoms with Crippen LogP contribution in [0.1, 0.15) is 17.9 Å². The van der Waals surface area contributed by atoms with Gasteiger partial charge in [-0.05, 0) is 30.9 Å². The SMILES string of the molecule is NCC1CC1c1cccc2ncoc12. The average molecular weight is 188 g/mol. The van der Waals surface area contributed by atoms with Crippen molar-refractivity contribution in [2.45, 2.75) is 12.3 Å². The van der Waals surface area contributed by atoms with Crippen molar-refractivity contribution in [1.82, 2.24) is 4.98 Å². The molecule has 0 aliphatic heterocycles. The Labute approximate surface area is 81.9 Å². The van der Waals surface area contributed by atoms with E-state index in [1.54, 1.807) is 0 Å². The summed E-state index contributed by atoms with van der Waals surface area (Å²) in [5.41, 5.74) is 8.80. The smallest absolute Gasteiger partial charge is 0.181 e. The lowest BCUT2D eigenvalue weighted by Gasteiger charge is -1.98. The molecule has 3 nitrogen and oxygen atoms in total. The normalized spacial score (nSPS) is 25.5. The molecule has 2 atom stereocenters. The maximum atomic E-state index is 5.63. The van der Waals surface area contributed by atoms with Gasteiger partial charge >= 0.3 is 0 Å². The van der Waals surface area contributed by atoms with Crippen molar-refractivity contribution >= 4 is 11.1 Å². The summed E-state index contributed by atoms with van der Waals surface area (Å²) in [6.45, 7) is 0.773. The van der Waals surface area contributed by atoms with Gasteiger partial charge < -0.3 is 10.2 Å². The number of benzene rings is 1. The molecule has 14 heavy (non-hydrogen) atoms. The molecule has 0 spiro atoms. The number of para-hydroxylation sites is 1. The summed E-state index contributed by atoms with van der Waals surface area (Å²) in [5, 5.41) is 0. The lowest BCUT2D eigenvalue weighted by molar-refractivity contribution is 0.597. The van der Waals surface area contributed by atoms with Gasteiger partial charge in [-0.2, -0.15) is 0 Å². The monoisotopic (exact) mass is 188 g/mol. The van der Waals surface area contributed by atoms with Crippen LogP contribution >= 0.6 is 0 Å². The fourth-order valence-electron chi connectivity index (χ4n) is 2.09. The molecule has 1 aliphatic rings. The van der Waals surface area contributed by atoms with Crippen molar-refractivity contribution in [3.63, 3.8) is 0 Å². The van der Waals surface area contributed by atoms with Crippen LogP contribution < -0.4 is 5.73 Å². The van der Waals surface area contributed by atoms with Gasteiger partial charge in [-0.1, -0.05) is 12.1 Å². The number of nitrogens with two attached hydrogens (primary N) is 1. The summed E-state index contributed by atoms with van der Waals surface area (Å²) in [7, 11) is 0. The lowest BCUT2D eigenvalue weighted by Crippen LogP contribution is -2.01. The number of fused-ring (bicyclic) bond motifs is 1. The molecule has 0 radical (unpaired) electrons. The molecule has 72 valence electrons. The zero-order valence-electron chi connectivity index (χ0n) is 7.81. The summed E-state index contributed by atoms with van der Waals surface area (Å²) in [6.07, 6.45) is 2.70. The average Bonchev–Trinajstić information content (AvgIpc) is 2.85. The Morgan fingerprint density at radius 3 is 3.21 bits per heavy atom. The van der Waals surface area contributed by atoms with E-state index in [9.17, 15) is 0 Å². The predicted molar refractivity (Wildman–Crippen MR) is 53.9 cm³/mol. The molecular weight excluding hydrogens is 176 g/mol. The minimum atomic E-state index is 0.594. The molecule has 1 heterocycles. The van der Waals surface area contributed by atoms with Crippen LogP contribution in [0.5, 0.6) is 0 Å². The number of hydrogen-bond acceptors (Lipinski definition) is 3. The van der Waals surface area contributed by atoms with Gasteiger partial charge in [0.25, 0.3) is 0 Å². The van der Waals surface area contributed by atoms with Crippen LogP contribution in [0.2, 0.25) is 0 Å². The van der Waals surface area contributed by atoms with E-state index in [0.717, 1.165) is 17.6 Å². The molecule has 2 N–H and O–H groups in total. The van der Waals surface area contributed by atoms with Crippen LogP contribution in [0.25, 0.3) is 11.1 Å². The quantitative estimate of drug-likeness (QED) is 0.783. The van der Waals surface area contributed by atoms with E-state index in [4.69, 9.17) is 10.2 Å². The predicted octanol–water partition coefficient (Wildman–Crippen LogP) is 1.89. The Kier molecular flexibility index (Phi) is 1.61. The zero-order chi connectivity index (χ0) is 9.54. The molecule has 2 unspecified atom stereocenters. The highest BCUT2D eigenvalue weighted by atomic mass is 16.3. The molecule has 1 saturated carbocycles. The molecule has 0 saturated heterocycles. The Hall–Kier alpha value is -1.35. The number of rotatable bonds is 2. The Bertz CT molecular complexity index is 463. The molecule has 3 heteroatoms. The summed E-state index contributed by atoms with van der Waals surface area (Å²) >= 11 is 0. The second-order valence-electron chi connectivity index (χ2n) is 3.89. The number of hydrogen-bond donors (Lipinski definition) is 1. The molecule has 1 aromatic carbocycles. The van der Waals surface area contributed by atoms with E-state index in [2.05, 4.69) is 11.1 Å². The third-order valence-electron chi connectivity index (χ3n) is 3.01. The van der Waals surface area contributed by atoms with Crippen LogP contribution in [0.15, 0.2) is 29.0 Å². The van der Waals surface area contributed by atoms with E-state index in [-0.39, 0.29) is 0 Å². The Morgan fingerprint density at radius 2 is 2.43 bits per heavy atom. The molecule has 0 amide bonds. The fraction of sp³-hybridized carbons (Fsp3) is 0.364. The van der Waals surface area contributed by atoms with Gasteiger partial charge in [-0.25, -0.2) is 4.98 Å². The molecule has 3 rings (SSSR count). The summed E-state index contributed by atoms with van der Waals surface area (Å²) in [4.78, 5) is 4.14. The summed E-state index contributed by atoms with van der Waals surface area (Å²) < 4.78 is 5.39. The van der Waals surface area contributed by atoms with Gasteiger partial charge in [0.1, 0.15) is 5.52 Å². The van der Waals surface area contributed by atoms with Crippen LogP contribution in [0, 0.1) is 5.92 Å². The van der Waals surface area contributed by atoms with Crippen molar-refractivity contribution in [1.29, 1.82) is 0 Å². The third kappa shape index (κ3) is 1.06. The highest BCUT2D eigenvalue weighted by molar-refractivity contribution is 5.77. The molecular formula is C11H12N2O. The topological polar surface area (TPSA) is 52.0 Å². The Morgan fingerprint density at radius 1 is 1.50 bits per heavy atom. The first kappa shape index (κ1) is 8.00. The van der Waals surface area contributed by atoms with E-state index in [1.807, 2.05) is 12.1 Å². The van der Waals surface area contributed by atoms with Crippen molar-refractivity contribution in [3.05, 3.63) is 30.2 Å². The number of nitrogens with zero attached hydrogens (tertiary/aromatic N) is 1. The van der Waals surface area contributed by atoms with Crippen molar-refractivity contribution in [2.24, 2.45) is 11.7 Å². The fourth-order valence-corrected chi connectivity index (χ4v) is 2.09. The maximum absolute atomic E-state index is 5.63. The third-order valence-corrected chi connectivity index (χ3v) is 3.01. The van der Waals surface area contributed by atoms with E-state index < -0.39 is 0 Å². The molecule has 2 aromatic rings. The first-order valence-corrected chi connectivity index (χ1v) is 4.92. The van der Waals surface area contributed by atoms with Gasteiger partial charge in [-0.15, -0.1) is 0 Å². The molecule has 1 aliphatic carbocycles. The van der Waals surface area contributed by atoms with Crippen LogP contribution in [-0.2, 0) is 0 Å². The molecule has 1 fully saturated rings. The van der Waals surface area contributed by atoms with E-state index in [1.165, 1.54) is 18.4 Å². The second-order valence-corrected chi connectivity index (χ2v) is 3.89. The van der Waals surface area contributed by atoms with Crippen molar-refractivity contribution < 1.29 is 4.42 Å². The highest BCUT2D eigenvalue weighted by Crippen LogP contribution is 2.48. The lowest BCUT2D eigenvalue weighted by atomic mass is 10.1. The van der Waals surface area contributed by atoms with Gasteiger partial charge in [0.15, 0.2) is 12.0 Å². The Balaban J connectivity index is 2.08. The second kappa shape index (κ2) is 2.82. The first-order chi connectivity index (χ1) is 6.90. The van der Waals surface area contributed by atoms with Crippen LogP contribution in [0.3, 0.4) is 0 Å². The van der Waals surface area contributed by atoms with Crippen molar-refractivity contribution in [2.75, 3.05) is 6.54 Å². The van der Waals surface area contributed by atoms with Crippen LogP contribution in [0.4, 0.5) is 0 Å².